The molecule has 0 saturated heterocycles. The average Bonchev–Trinajstić information content (AvgIpc) is 2.51. The van der Waals surface area contributed by atoms with Crippen LogP contribution in [0, 0.1) is 0 Å². The molecule has 0 amide bonds. The van der Waals surface area contributed by atoms with E-state index in [9.17, 15) is 4.79 Å². The lowest BCUT2D eigenvalue weighted by molar-refractivity contribution is 0.0601. The zero-order chi connectivity index (χ0) is 15.7. The standard InChI is InChI=1S/C13H6Cl5NO2/c1-21-13(20)5-3-2-4-19-12(5)6-7(14)9(16)11(18)10(17)8(6)15/h2-4H,1H3. The topological polar surface area (TPSA) is 39.2 Å². The molecule has 2 aromatic rings. The van der Waals surface area contributed by atoms with Crippen molar-refractivity contribution in [1.29, 1.82) is 0 Å². The predicted octanol–water partition coefficient (Wildman–Crippen LogP) is 5.80. The van der Waals surface area contributed by atoms with Crippen LogP contribution in [0.2, 0.25) is 25.1 Å². The zero-order valence-electron chi connectivity index (χ0n) is 10.4. The third-order valence-corrected chi connectivity index (χ3v) is 4.94. The number of carbonyl (C=O) groups is 1. The van der Waals surface area contributed by atoms with Crippen LogP contribution in [0.25, 0.3) is 11.3 Å². The van der Waals surface area contributed by atoms with E-state index in [1.54, 1.807) is 6.07 Å². The number of rotatable bonds is 2. The van der Waals surface area contributed by atoms with Crippen molar-refractivity contribution in [3.63, 3.8) is 0 Å². The summed E-state index contributed by atoms with van der Waals surface area (Å²) in [6.45, 7) is 0. The molecule has 3 nitrogen and oxygen atoms in total. The lowest BCUT2D eigenvalue weighted by Crippen LogP contribution is -2.05. The van der Waals surface area contributed by atoms with E-state index in [4.69, 9.17) is 62.7 Å². The van der Waals surface area contributed by atoms with Gasteiger partial charge in [0, 0.05) is 11.8 Å². The molecule has 0 bridgehead atoms. The molecular formula is C13H6Cl5NO2. The van der Waals surface area contributed by atoms with E-state index in [0.29, 0.717) is 0 Å². The molecular weight excluding hydrogens is 379 g/mol. The largest absolute Gasteiger partial charge is 0.465 e. The number of hydrogen-bond donors (Lipinski definition) is 0. The van der Waals surface area contributed by atoms with Crippen LogP contribution in [0.1, 0.15) is 10.4 Å². The van der Waals surface area contributed by atoms with Crippen molar-refractivity contribution >= 4 is 64.0 Å². The number of hydrogen-bond acceptors (Lipinski definition) is 3. The number of benzene rings is 1. The van der Waals surface area contributed by atoms with Gasteiger partial charge in [0.1, 0.15) is 0 Å². The maximum atomic E-state index is 11.8. The summed E-state index contributed by atoms with van der Waals surface area (Å²) >= 11 is 30.3. The van der Waals surface area contributed by atoms with Crippen molar-refractivity contribution in [2.24, 2.45) is 0 Å². The Bertz CT molecular complexity index is 704. The molecule has 0 saturated carbocycles. The van der Waals surface area contributed by atoms with Crippen LogP contribution in [0.5, 0.6) is 0 Å². The molecule has 0 aliphatic carbocycles. The number of halogens is 5. The molecule has 21 heavy (non-hydrogen) atoms. The van der Waals surface area contributed by atoms with Crippen molar-refractivity contribution in [2.75, 3.05) is 7.11 Å². The number of methoxy groups -OCH3 is 1. The fraction of sp³-hybridized carbons (Fsp3) is 0.0769. The Balaban J connectivity index is 2.83. The van der Waals surface area contributed by atoms with Gasteiger partial charge >= 0.3 is 5.97 Å². The van der Waals surface area contributed by atoms with Crippen molar-refractivity contribution in [1.82, 2.24) is 4.98 Å². The molecule has 110 valence electrons. The number of carbonyl (C=O) groups excluding carboxylic acids is 1. The molecule has 0 aliphatic rings. The van der Waals surface area contributed by atoms with Gasteiger partial charge in [-0.3, -0.25) is 4.98 Å². The fourth-order valence-electron chi connectivity index (χ4n) is 1.69. The van der Waals surface area contributed by atoms with Crippen LogP contribution in [0.4, 0.5) is 0 Å². The summed E-state index contributed by atoms with van der Waals surface area (Å²) in [6.07, 6.45) is 1.48. The molecule has 0 aliphatic heterocycles. The Hall–Kier alpha value is -0.710. The maximum absolute atomic E-state index is 11.8. The van der Waals surface area contributed by atoms with Gasteiger partial charge in [-0.05, 0) is 12.1 Å². The number of aromatic nitrogens is 1. The van der Waals surface area contributed by atoms with Gasteiger partial charge in [0.2, 0.25) is 0 Å². The first kappa shape index (κ1) is 16.7. The number of pyridine rings is 1. The van der Waals surface area contributed by atoms with Crippen LogP contribution in [-0.2, 0) is 4.74 Å². The van der Waals surface area contributed by atoms with Gasteiger partial charge in [0.05, 0.1) is 43.5 Å². The third kappa shape index (κ3) is 2.94. The Morgan fingerprint density at radius 3 is 2.05 bits per heavy atom. The second-order valence-corrected chi connectivity index (χ2v) is 5.73. The highest BCUT2D eigenvalue weighted by Gasteiger charge is 2.24. The van der Waals surface area contributed by atoms with Crippen LogP contribution in [0.3, 0.4) is 0 Å². The van der Waals surface area contributed by atoms with E-state index < -0.39 is 5.97 Å². The SMILES string of the molecule is COC(=O)c1cccnc1-c1c(Cl)c(Cl)c(Cl)c(Cl)c1Cl. The summed E-state index contributed by atoms with van der Waals surface area (Å²) in [4.78, 5) is 15.9. The van der Waals surface area contributed by atoms with Gasteiger partial charge in [-0.15, -0.1) is 0 Å². The highest BCUT2D eigenvalue weighted by Crippen LogP contribution is 2.48. The Morgan fingerprint density at radius 2 is 1.52 bits per heavy atom. The van der Waals surface area contributed by atoms with Crippen LogP contribution in [-0.4, -0.2) is 18.1 Å². The first-order valence-corrected chi connectivity index (χ1v) is 7.34. The summed E-state index contributed by atoms with van der Waals surface area (Å²) < 4.78 is 4.71. The molecule has 1 aromatic heterocycles. The van der Waals surface area contributed by atoms with Crippen LogP contribution < -0.4 is 0 Å². The van der Waals surface area contributed by atoms with Gasteiger partial charge in [0.15, 0.2) is 0 Å². The maximum Gasteiger partial charge on any atom is 0.340 e. The number of nitrogens with zero attached hydrogens (tertiary/aromatic N) is 1. The Morgan fingerprint density at radius 1 is 1.00 bits per heavy atom. The molecule has 1 heterocycles. The van der Waals surface area contributed by atoms with Crippen molar-refractivity contribution in [3.05, 3.63) is 49.0 Å². The van der Waals surface area contributed by atoms with Gasteiger partial charge < -0.3 is 4.74 Å². The van der Waals surface area contributed by atoms with Gasteiger partial charge in [-0.2, -0.15) is 0 Å². The lowest BCUT2D eigenvalue weighted by atomic mass is 10.1. The molecule has 2 rings (SSSR count). The van der Waals surface area contributed by atoms with Gasteiger partial charge in [-0.25, -0.2) is 4.79 Å². The summed E-state index contributed by atoms with van der Waals surface area (Å²) in [7, 11) is 1.25. The van der Waals surface area contributed by atoms with E-state index in [1.807, 2.05) is 0 Å². The van der Waals surface area contributed by atoms with E-state index >= 15 is 0 Å². The summed E-state index contributed by atoms with van der Waals surface area (Å²) in [5, 5.41) is 0.209. The van der Waals surface area contributed by atoms with Crippen molar-refractivity contribution in [3.8, 4) is 11.3 Å². The number of esters is 1. The minimum absolute atomic E-state index is 0.0317. The van der Waals surface area contributed by atoms with E-state index in [0.717, 1.165) is 0 Å². The predicted molar refractivity (Wildman–Crippen MR) is 86.1 cm³/mol. The molecule has 8 heteroatoms. The Kier molecular flexibility index (Phi) is 5.23. The quantitative estimate of drug-likeness (QED) is 0.372. The summed E-state index contributed by atoms with van der Waals surface area (Å²) in [5.41, 5.74) is 0.608. The van der Waals surface area contributed by atoms with Gasteiger partial charge in [0.25, 0.3) is 0 Å². The molecule has 0 radical (unpaired) electrons. The minimum Gasteiger partial charge on any atom is -0.465 e. The second kappa shape index (κ2) is 6.59. The van der Waals surface area contributed by atoms with E-state index in [-0.39, 0.29) is 41.9 Å². The lowest BCUT2D eigenvalue weighted by Gasteiger charge is -2.14. The summed E-state index contributed by atoms with van der Waals surface area (Å²) in [5.74, 6) is -0.590. The second-order valence-electron chi connectivity index (χ2n) is 3.84. The highest BCUT2D eigenvalue weighted by molar-refractivity contribution is 6.56. The zero-order valence-corrected chi connectivity index (χ0v) is 14.2. The Labute approximate surface area is 145 Å². The first-order chi connectivity index (χ1) is 9.90. The molecule has 0 N–H and O–H groups in total. The smallest absolute Gasteiger partial charge is 0.340 e. The molecule has 0 atom stereocenters. The van der Waals surface area contributed by atoms with Crippen LogP contribution >= 0.6 is 58.0 Å². The van der Waals surface area contributed by atoms with Crippen LogP contribution in [0.15, 0.2) is 18.3 Å². The molecule has 0 unspecified atom stereocenters. The summed E-state index contributed by atoms with van der Waals surface area (Å²) in [6, 6.07) is 3.11. The van der Waals surface area contributed by atoms with Crippen molar-refractivity contribution < 1.29 is 9.53 Å². The first-order valence-electron chi connectivity index (χ1n) is 5.45. The monoisotopic (exact) mass is 383 g/mol. The number of ether oxygens (including phenoxy) is 1. The minimum atomic E-state index is -0.590. The molecule has 1 aromatic carbocycles. The van der Waals surface area contributed by atoms with Gasteiger partial charge in [-0.1, -0.05) is 58.0 Å². The fourth-order valence-corrected chi connectivity index (χ4v) is 3.01. The van der Waals surface area contributed by atoms with Crippen molar-refractivity contribution in [2.45, 2.75) is 0 Å². The van der Waals surface area contributed by atoms with E-state index in [1.165, 1.54) is 19.4 Å². The normalized spacial score (nSPS) is 10.6. The third-order valence-electron chi connectivity index (χ3n) is 2.66. The van der Waals surface area contributed by atoms with E-state index in [2.05, 4.69) is 4.98 Å². The highest BCUT2D eigenvalue weighted by atomic mass is 35.5. The molecule has 0 fully saturated rings. The average molecular weight is 385 g/mol. The molecule has 0 spiro atoms.